The van der Waals surface area contributed by atoms with Crippen LogP contribution in [0.4, 0.5) is 0 Å². The standard InChI is InChI=1S/C19H28N4O4.CH2O2/c1-15(24)21-6-4-18(25)23-9-12-27-17(14-22-7-10-26-11-8-22)19(23)16-3-2-5-20-13-16;2-1-3/h2-3,5,13,17,19H,4,6-12,14H2,1H3,(H,21,24);1H,(H,2,3)/t17-,19-;/m0./s1. The van der Waals surface area contributed by atoms with E-state index in [1.807, 2.05) is 17.0 Å². The molecule has 2 aliphatic rings. The number of rotatable bonds is 6. The van der Waals surface area contributed by atoms with E-state index in [-0.39, 0.29) is 36.9 Å². The Bertz CT molecular complexity index is 669. The average molecular weight is 422 g/mol. The highest BCUT2D eigenvalue weighted by Crippen LogP contribution is 2.30. The van der Waals surface area contributed by atoms with Crippen molar-refractivity contribution in [3.05, 3.63) is 30.1 Å². The summed E-state index contributed by atoms with van der Waals surface area (Å²) < 4.78 is 11.5. The number of hydrogen-bond acceptors (Lipinski definition) is 7. The summed E-state index contributed by atoms with van der Waals surface area (Å²) in [7, 11) is 0. The van der Waals surface area contributed by atoms with Crippen molar-refractivity contribution in [2.45, 2.75) is 25.5 Å². The van der Waals surface area contributed by atoms with Crippen molar-refractivity contribution < 1.29 is 29.0 Å². The van der Waals surface area contributed by atoms with Crippen LogP contribution in [-0.2, 0) is 23.9 Å². The number of hydrogen-bond donors (Lipinski definition) is 2. The van der Waals surface area contributed by atoms with Gasteiger partial charge in [0.15, 0.2) is 0 Å². The fraction of sp³-hybridized carbons (Fsp3) is 0.600. The monoisotopic (exact) mass is 422 g/mol. The van der Waals surface area contributed by atoms with Gasteiger partial charge >= 0.3 is 0 Å². The maximum Gasteiger partial charge on any atom is 0.290 e. The molecule has 0 aromatic carbocycles. The van der Waals surface area contributed by atoms with Crippen molar-refractivity contribution in [1.29, 1.82) is 0 Å². The minimum atomic E-state index is -0.250. The van der Waals surface area contributed by atoms with Gasteiger partial charge < -0.3 is 24.8 Å². The van der Waals surface area contributed by atoms with Crippen LogP contribution in [0.2, 0.25) is 0 Å². The van der Waals surface area contributed by atoms with Crippen molar-refractivity contribution >= 4 is 18.3 Å². The summed E-state index contributed by atoms with van der Waals surface area (Å²) in [5.74, 6) is -0.105. The highest BCUT2D eigenvalue weighted by molar-refractivity contribution is 5.78. The molecule has 1 aromatic rings. The lowest BCUT2D eigenvalue weighted by atomic mass is 9.98. The third-order valence-electron chi connectivity index (χ3n) is 4.95. The van der Waals surface area contributed by atoms with Crippen molar-refractivity contribution in [2.75, 3.05) is 52.5 Å². The second kappa shape index (κ2) is 12.9. The minimum absolute atomic E-state index is 0.0212. The van der Waals surface area contributed by atoms with Gasteiger partial charge in [-0.05, 0) is 11.6 Å². The van der Waals surface area contributed by atoms with E-state index in [1.165, 1.54) is 6.92 Å². The zero-order valence-electron chi connectivity index (χ0n) is 17.2. The predicted molar refractivity (Wildman–Crippen MR) is 108 cm³/mol. The van der Waals surface area contributed by atoms with Gasteiger partial charge in [0.1, 0.15) is 0 Å². The smallest absolute Gasteiger partial charge is 0.290 e. The summed E-state index contributed by atoms with van der Waals surface area (Å²) in [4.78, 5) is 40.7. The largest absolute Gasteiger partial charge is 0.483 e. The van der Waals surface area contributed by atoms with Gasteiger partial charge in [0.2, 0.25) is 11.8 Å². The molecule has 2 saturated heterocycles. The Morgan fingerprint density at radius 3 is 2.67 bits per heavy atom. The fourth-order valence-electron chi connectivity index (χ4n) is 3.64. The third kappa shape index (κ3) is 7.36. The molecule has 166 valence electrons. The lowest BCUT2D eigenvalue weighted by molar-refractivity contribution is -0.149. The van der Waals surface area contributed by atoms with Crippen LogP contribution in [-0.4, -0.2) is 96.8 Å². The maximum atomic E-state index is 12.9. The van der Waals surface area contributed by atoms with Crippen molar-refractivity contribution in [1.82, 2.24) is 20.1 Å². The molecule has 0 radical (unpaired) electrons. The number of pyridine rings is 1. The molecule has 2 fully saturated rings. The first-order valence-corrected chi connectivity index (χ1v) is 10.00. The number of carbonyl (C=O) groups excluding carboxylic acids is 2. The molecule has 0 saturated carbocycles. The number of aromatic nitrogens is 1. The Hall–Kier alpha value is -2.56. The number of carbonyl (C=O) groups is 3. The average Bonchev–Trinajstić information content (AvgIpc) is 2.75. The number of amides is 2. The van der Waals surface area contributed by atoms with Gasteiger partial charge in [0.05, 0.1) is 32.0 Å². The van der Waals surface area contributed by atoms with Crippen LogP contribution in [0.25, 0.3) is 0 Å². The topological polar surface area (TPSA) is 121 Å². The number of carboxylic acid groups (broad SMARTS) is 1. The molecule has 0 bridgehead atoms. The normalized spacial score (nSPS) is 21.8. The molecular formula is C20H30N4O6. The van der Waals surface area contributed by atoms with Crippen LogP contribution in [0.5, 0.6) is 0 Å². The molecule has 0 aliphatic carbocycles. The Morgan fingerprint density at radius 2 is 2.03 bits per heavy atom. The van der Waals surface area contributed by atoms with E-state index in [2.05, 4.69) is 15.2 Å². The molecule has 0 unspecified atom stereocenters. The molecule has 10 nitrogen and oxygen atoms in total. The Kier molecular flexibility index (Phi) is 10.2. The molecule has 2 amide bonds. The van der Waals surface area contributed by atoms with Crippen LogP contribution in [0, 0.1) is 0 Å². The molecule has 2 atom stereocenters. The van der Waals surface area contributed by atoms with E-state index >= 15 is 0 Å². The lowest BCUT2D eigenvalue weighted by Gasteiger charge is -2.43. The van der Waals surface area contributed by atoms with Crippen molar-refractivity contribution in [3.63, 3.8) is 0 Å². The van der Waals surface area contributed by atoms with E-state index in [9.17, 15) is 9.59 Å². The lowest BCUT2D eigenvalue weighted by Crippen LogP contribution is -2.53. The third-order valence-corrected chi connectivity index (χ3v) is 4.95. The molecule has 3 rings (SSSR count). The molecule has 30 heavy (non-hydrogen) atoms. The quantitative estimate of drug-likeness (QED) is 0.610. The maximum absolute atomic E-state index is 12.9. The Balaban J connectivity index is 0.00000101. The summed E-state index contributed by atoms with van der Waals surface area (Å²) in [6.45, 7) is 6.54. The van der Waals surface area contributed by atoms with Gasteiger partial charge in [0.25, 0.3) is 6.47 Å². The van der Waals surface area contributed by atoms with E-state index in [0.717, 1.165) is 38.4 Å². The van der Waals surface area contributed by atoms with Gasteiger partial charge in [-0.15, -0.1) is 0 Å². The first-order chi connectivity index (χ1) is 14.6. The number of ether oxygens (including phenoxy) is 2. The second-order valence-electron chi connectivity index (χ2n) is 6.98. The summed E-state index contributed by atoms with van der Waals surface area (Å²) in [5, 5.41) is 9.58. The van der Waals surface area contributed by atoms with E-state index < -0.39 is 0 Å². The summed E-state index contributed by atoms with van der Waals surface area (Å²) in [6.07, 6.45) is 3.69. The van der Waals surface area contributed by atoms with Crippen LogP contribution < -0.4 is 5.32 Å². The van der Waals surface area contributed by atoms with E-state index in [0.29, 0.717) is 19.7 Å². The molecule has 1 aromatic heterocycles. The van der Waals surface area contributed by atoms with Gasteiger partial charge in [0, 0.05) is 58.5 Å². The molecule has 2 N–H and O–H groups in total. The molecule has 0 spiro atoms. The van der Waals surface area contributed by atoms with Crippen molar-refractivity contribution in [3.8, 4) is 0 Å². The predicted octanol–water partition coefficient (Wildman–Crippen LogP) is -0.0907. The zero-order valence-corrected chi connectivity index (χ0v) is 17.2. The number of nitrogens with one attached hydrogen (secondary N) is 1. The molecular weight excluding hydrogens is 392 g/mol. The first-order valence-electron chi connectivity index (χ1n) is 10.00. The number of nitrogens with zero attached hydrogens (tertiary/aromatic N) is 3. The number of morpholine rings is 2. The minimum Gasteiger partial charge on any atom is -0.483 e. The highest BCUT2D eigenvalue weighted by atomic mass is 16.5. The Labute approximate surface area is 176 Å². The highest BCUT2D eigenvalue weighted by Gasteiger charge is 2.37. The Morgan fingerprint density at radius 1 is 1.30 bits per heavy atom. The van der Waals surface area contributed by atoms with E-state index in [1.54, 1.807) is 12.4 Å². The molecule has 2 aliphatic heterocycles. The molecule has 3 heterocycles. The zero-order chi connectivity index (χ0) is 21.8. The fourth-order valence-corrected chi connectivity index (χ4v) is 3.64. The van der Waals surface area contributed by atoms with Crippen LogP contribution in [0.3, 0.4) is 0 Å². The van der Waals surface area contributed by atoms with Gasteiger partial charge in [-0.1, -0.05) is 6.07 Å². The summed E-state index contributed by atoms with van der Waals surface area (Å²) >= 11 is 0. The SMILES string of the molecule is CC(=O)NCCC(=O)N1CCO[C@@H](CN2CCOCC2)[C@@H]1c1cccnc1.O=CO. The first kappa shape index (κ1) is 23.7. The van der Waals surface area contributed by atoms with Crippen LogP contribution in [0.1, 0.15) is 24.9 Å². The van der Waals surface area contributed by atoms with Gasteiger partial charge in [-0.2, -0.15) is 0 Å². The second-order valence-corrected chi connectivity index (χ2v) is 6.98. The van der Waals surface area contributed by atoms with Gasteiger partial charge in [-0.3, -0.25) is 24.3 Å². The summed E-state index contributed by atoms with van der Waals surface area (Å²) in [6, 6.07) is 3.70. The van der Waals surface area contributed by atoms with E-state index in [4.69, 9.17) is 19.4 Å². The van der Waals surface area contributed by atoms with Crippen LogP contribution in [0.15, 0.2) is 24.5 Å². The van der Waals surface area contributed by atoms with Crippen LogP contribution >= 0.6 is 0 Å². The summed E-state index contributed by atoms with van der Waals surface area (Å²) in [5.41, 5.74) is 0.975. The van der Waals surface area contributed by atoms with Crippen molar-refractivity contribution in [2.24, 2.45) is 0 Å². The van der Waals surface area contributed by atoms with Gasteiger partial charge in [-0.25, -0.2) is 0 Å². The molecule has 10 heteroatoms.